The van der Waals surface area contributed by atoms with Crippen LogP contribution in [0, 0.1) is 0 Å². The molecule has 0 radical (unpaired) electrons. The van der Waals surface area contributed by atoms with Crippen LogP contribution in [0.25, 0.3) is 0 Å². The van der Waals surface area contributed by atoms with Crippen molar-refractivity contribution >= 4 is 0 Å². The van der Waals surface area contributed by atoms with Crippen LogP contribution in [0.4, 0.5) is 0 Å². The average molecular weight is 392 g/mol. The van der Waals surface area contributed by atoms with Gasteiger partial charge in [0, 0.05) is 25.9 Å². The van der Waals surface area contributed by atoms with Crippen LogP contribution in [-0.2, 0) is 19.4 Å². The zero-order valence-corrected chi connectivity index (χ0v) is 16.7. The molecule has 0 saturated heterocycles. The number of hydrogen-bond donors (Lipinski definition) is 2. The molecule has 0 fully saturated rings. The summed E-state index contributed by atoms with van der Waals surface area (Å²) in [5.74, 6) is 1.53. The Morgan fingerprint density at radius 2 is 1.24 bits per heavy atom. The maximum Gasteiger partial charge on any atom is 0.161 e. The van der Waals surface area contributed by atoms with Crippen molar-refractivity contribution in [1.82, 2.24) is 5.32 Å². The average Bonchev–Trinajstić information content (AvgIpc) is 2.77. The van der Waals surface area contributed by atoms with Crippen molar-refractivity contribution in [3.8, 4) is 11.5 Å². The van der Waals surface area contributed by atoms with Gasteiger partial charge in [0.25, 0.3) is 0 Å². The first-order valence-corrected chi connectivity index (χ1v) is 10.1. The first kappa shape index (κ1) is 20.9. The fourth-order valence-corrected chi connectivity index (χ4v) is 3.05. The maximum absolute atomic E-state index is 8.95. The molecule has 29 heavy (non-hydrogen) atoms. The van der Waals surface area contributed by atoms with Gasteiger partial charge < -0.3 is 19.9 Å². The third-order valence-electron chi connectivity index (χ3n) is 4.61. The third-order valence-corrected chi connectivity index (χ3v) is 4.61. The lowest BCUT2D eigenvalue weighted by Gasteiger charge is -2.15. The van der Waals surface area contributed by atoms with Crippen molar-refractivity contribution in [2.24, 2.45) is 0 Å². The van der Waals surface area contributed by atoms with E-state index in [2.05, 4.69) is 29.6 Å². The standard InChI is InChI=1S/C25H29NO3/c27-16-15-26-20-23-11-12-24(28-17-13-21-7-3-1-4-8-21)25(19-23)29-18-14-22-9-5-2-6-10-22/h1-12,19,26-27H,13-18,20H2. The van der Waals surface area contributed by atoms with Crippen LogP contribution >= 0.6 is 0 Å². The van der Waals surface area contributed by atoms with Crippen molar-refractivity contribution in [3.63, 3.8) is 0 Å². The van der Waals surface area contributed by atoms with E-state index in [1.807, 2.05) is 54.6 Å². The van der Waals surface area contributed by atoms with E-state index in [9.17, 15) is 0 Å². The van der Waals surface area contributed by atoms with E-state index in [1.165, 1.54) is 11.1 Å². The fraction of sp³-hybridized carbons (Fsp3) is 0.280. The molecule has 0 bridgehead atoms. The largest absolute Gasteiger partial charge is 0.489 e. The molecule has 0 aliphatic rings. The third kappa shape index (κ3) is 7.26. The second-order valence-corrected chi connectivity index (χ2v) is 6.85. The fourth-order valence-electron chi connectivity index (χ4n) is 3.05. The van der Waals surface area contributed by atoms with Crippen molar-refractivity contribution in [2.45, 2.75) is 19.4 Å². The minimum Gasteiger partial charge on any atom is -0.489 e. The Morgan fingerprint density at radius 3 is 1.83 bits per heavy atom. The lowest BCUT2D eigenvalue weighted by atomic mass is 10.1. The van der Waals surface area contributed by atoms with Gasteiger partial charge in [-0.25, -0.2) is 0 Å². The summed E-state index contributed by atoms with van der Waals surface area (Å²) in [6.07, 6.45) is 1.70. The highest BCUT2D eigenvalue weighted by Gasteiger charge is 2.08. The number of nitrogens with one attached hydrogen (secondary N) is 1. The monoisotopic (exact) mass is 391 g/mol. The molecule has 0 unspecified atom stereocenters. The molecule has 3 rings (SSSR count). The quantitative estimate of drug-likeness (QED) is 0.458. The minimum atomic E-state index is 0.126. The van der Waals surface area contributed by atoms with E-state index in [0.717, 1.165) is 29.9 Å². The Morgan fingerprint density at radius 1 is 0.655 bits per heavy atom. The Labute approximate surface area is 173 Å². The van der Waals surface area contributed by atoms with Crippen molar-refractivity contribution < 1.29 is 14.6 Å². The summed E-state index contributed by atoms with van der Waals surface area (Å²) in [5, 5.41) is 12.1. The van der Waals surface area contributed by atoms with E-state index in [-0.39, 0.29) is 6.61 Å². The van der Waals surface area contributed by atoms with Gasteiger partial charge in [-0.3, -0.25) is 0 Å². The zero-order chi connectivity index (χ0) is 20.2. The molecule has 4 nitrogen and oxygen atoms in total. The highest BCUT2D eigenvalue weighted by atomic mass is 16.5. The molecular formula is C25H29NO3. The molecule has 4 heteroatoms. The molecule has 0 saturated carbocycles. The van der Waals surface area contributed by atoms with Gasteiger partial charge in [0.1, 0.15) is 0 Å². The molecule has 0 aliphatic carbocycles. The Hall–Kier alpha value is -2.82. The molecule has 0 heterocycles. The van der Waals surface area contributed by atoms with Crippen LogP contribution in [0.3, 0.4) is 0 Å². The second-order valence-electron chi connectivity index (χ2n) is 6.85. The van der Waals surface area contributed by atoms with Gasteiger partial charge in [-0.15, -0.1) is 0 Å². The van der Waals surface area contributed by atoms with Gasteiger partial charge >= 0.3 is 0 Å². The first-order valence-electron chi connectivity index (χ1n) is 10.1. The van der Waals surface area contributed by atoms with E-state index >= 15 is 0 Å². The molecule has 3 aromatic rings. The van der Waals surface area contributed by atoms with Gasteiger partial charge in [-0.2, -0.15) is 0 Å². The number of aliphatic hydroxyl groups is 1. The van der Waals surface area contributed by atoms with Crippen LogP contribution in [0.5, 0.6) is 11.5 Å². The van der Waals surface area contributed by atoms with E-state index in [4.69, 9.17) is 14.6 Å². The summed E-state index contributed by atoms with van der Waals surface area (Å²) in [7, 11) is 0. The molecule has 152 valence electrons. The first-order chi connectivity index (χ1) is 14.3. The predicted octanol–water partition coefficient (Wildman–Crippen LogP) is 4.01. The van der Waals surface area contributed by atoms with Gasteiger partial charge in [0.2, 0.25) is 0 Å². The number of benzene rings is 3. The van der Waals surface area contributed by atoms with E-state index in [0.29, 0.717) is 26.3 Å². The maximum atomic E-state index is 8.95. The van der Waals surface area contributed by atoms with Crippen molar-refractivity contribution in [2.75, 3.05) is 26.4 Å². The van der Waals surface area contributed by atoms with Crippen LogP contribution in [0.1, 0.15) is 16.7 Å². The molecule has 3 aromatic carbocycles. The molecular weight excluding hydrogens is 362 g/mol. The molecule has 0 atom stereocenters. The topological polar surface area (TPSA) is 50.7 Å². The second kappa shape index (κ2) is 11.9. The number of ether oxygens (including phenoxy) is 2. The molecule has 0 aromatic heterocycles. The Bertz CT molecular complexity index is 837. The summed E-state index contributed by atoms with van der Waals surface area (Å²) in [5.41, 5.74) is 3.60. The molecule has 0 amide bonds. The SMILES string of the molecule is OCCNCc1ccc(OCCc2ccccc2)c(OCCc2ccccc2)c1. The summed E-state index contributed by atoms with van der Waals surface area (Å²) in [6, 6.07) is 26.7. The number of rotatable bonds is 12. The van der Waals surface area contributed by atoms with Crippen molar-refractivity contribution in [1.29, 1.82) is 0 Å². The summed E-state index contributed by atoms with van der Waals surface area (Å²) in [6.45, 7) is 2.56. The van der Waals surface area contributed by atoms with Crippen LogP contribution in [0.2, 0.25) is 0 Å². The van der Waals surface area contributed by atoms with Crippen LogP contribution in [-0.4, -0.2) is 31.5 Å². The molecule has 0 spiro atoms. The van der Waals surface area contributed by atoms with Crippen LogP contribution in [0.15, 0.2) is 78.9 Å². The predicted molar refractivity (Wildman–Crippen MR) is 117 cm³/mol. The molecule has 2 N–H and O–H groups in total. The molecule has 0 aliphatic heterocycles. The van der Waals surface area contributed by atoms with E-state index < -0.39 is 0 Å². The van der Waals surface area contributed by atoms with Crippen LogP contribution < -0.4 is 14.8 Å². The number of aliphatic hydroxyl groups excluding tert-OH is 1. The smallest absolute Gasteiger partial charge is 0.161 e. The minimum absolute atomic E-state index is 0.126. The lowest BCUT2D eigenvalue weighted by Crippen LogP contribution is -2.17. The zero-order valence-electron chi connectivity index (χ0n) is 16.7. The summed E-state index contributed by atoms with van der Waals surface area (Å²) >= 11 is 0. The highest BCUT2D eigenvalue weighted by Crippen LogP contribution is 2.29. The normalized spacial score (nSPS) is 10.7. The number of hydrogen-bond acceptors (Lipinski definition) is 4. The van der Waals surface area contributed by atoms with Gasteiger partial charge in [0.15, 0.2) is 11.5 Å². The summed E-state index contributed by atoms with van der Waals surface area (Å²) < 4.78 is 12.1. The van der Waals surface area contributed by atoms with E-state index in [1.54, 1.807) is 0 Å². The Balaban J connectivity index is 1.61. The van der Waals surface area contributed by atoms with Gasteiger partial charge in [0.05, 0.1) is 19.8 Å². The Kier molecular flexibility index (Phi) is 8.57. The summed E-state index contributed by atoms with van der Waals surface area (Å²) in [4.78, 5) is 0. The van der Waals surface area contributed by atoms with Gasteiger partial charge in [-0.1, -0.05) is 66.7 Å². The van der Waals surface area contributed by atoms with Crippen molar-refractivity contribution in [3.05, 3.63) is 95.6 Å². The van der Waals surface area contributed by atoms with Gasteiger partial charge in [-0.05, 0) is 28.8 Å². The highest BCUT2D eigenvalue weighted by molar-refractivity contribution is 5.43. The lowest BCUT2D eigenvalue weighted by molar-refractivity contribution is 0.271.